The Kier molecular flexibility index (Phi) is 12.6. The van der Waals surface area contributed by atoms with Gasteiger partial charge in [-0.3, -0.25) is 0 Å². The van der Waals surface area contributed by atoms with Gasteiger partial charge in [0, 0.05) is 0 Å². The van der Waals surface area contributed by atoms with Crippen LogP contribution < -0.4 is 4.74 Å². The summed E-state index contributed by atoms with van der Waals surface area (Å²) in [5, 5.41) is 8.50. The van der Waals surface area contributed by atoms with Gasteiger partial charge in [0.2, 0.25) is 0 Å². The SMILES string of the molecule is OCCOCCOCCOCCOCCOc1ccccc1. The number of ether oxygens (including phenoxy) is 5. The van der Waals surface area contributed by atoms with Crippen molar-refractivity contribution < 1.29 is 28.8 Å². The third kappa shape index (κ3) is 11.5. The maximum Gasteiger partial charge on any atom is 0.119 e. The molecule has 0 heterocycles. The van der Waals surface area contributed by atoms with Gasteiger partial charge in [0.15, 0.2) is 0 Å². The van der Waals surface area contributed by atoms with E-state index in [1.165, 1.54) is 0 Å². The van der Waals surface area contributed by atoms with E-state index in [2.05, 4.69) is 0 Å². The summed E-state index contributed by atoms with van der Waals surface area (Å²) in [4.78, 5) is 0. The molecule has 1 aromatic rings. The van der Waals surface area contributed by atoms with Gasteiger partial charge in [-0.05, 0) is 12.1 Å². The average molecular weight is 314 g/mol. The lowest BCUT2D eigenvalue weighted by molar-refractivity contribution is -0.00779. The normalized spacial score (nSPS) is 10.8. The van der Waals surface area contributed by atoms with Crippen molar-refractivity contribution in [2.75, 3.05) is 66.1 Å². The molecule has 1 N–H and O–H groups in total. The molecule has 0 atom stereocenters. The molecule has 0 saturated heterocycles. The minimum Gasteiger partial charge on any atom is -0.491 e. The third-order valence-corrected chi connectivity index (χ3v) is 2.59. The molecule has 6 nitrogen and oxygen atoms in total. The van der Waals surface area contributed by atoms with Crippen molar-refractivity contribution in [3.8, 4) is 5.75 Å². The molecule has 0 bridgehead atoms. The van der Waals surface area contributed by atoms with Gasteiger partial charge in [-0.25, -0.2) is 0 Å². The van der Waals surface area contributed by atoms with Crippen LogP contribution in [-0.2, 0) is 18.9 Å². The first kappa shape index (κ1) is 18.9. The summed E-state index contributed by atoms with van der Waals surface area (Å²) in [5.41, 5.74) is 0. The van der Waals surface area contributed by atoms with Gasteiger partial charge in [0.25, 0.3) is 0 Å². The predicted octanol–water partition coefficient (Wildman–Crippen LogP) is 1.12. The second-order valence-electron chi connectivity index (χ2n) is 4.33. The maximum absolute atomic E-state index is 8.50. The second-order valence-corrected chi connectivity index (χ2v) is 4.33. The minimum atomic E-state index is 0.0412. The Morgan fingerprint density at radius 1 is 0.591 bits per heavy atom. The number of para-hydroxylation sites is 1. The molecular formula is C16H26O6. The van der Waals surface area contributed by atoms with Crippen LogP contribution in [0.25, 0.3) is 0 Å². The number of rotatable bonds is 15. The van der Waals surface area contributed by atoms with Crippen LogP contribution in [-0.4, -0.2) is 71.2 Å². The molecule has 0 saturated carbocycles. The Morgan fingerprint density at radius 2 is 1.05 bits per heavy atom. The van der Waals surface area contributed by atoms with Crippen LogP contribution in [0.2, 0.25) is 0 Å². The zero-order valence-corrected chi connectivity index (χ0v) is 12.9. The number of aliphatic hydroxyl groups is 1. The van der Waals surface area contributed by atoms with E-state index in [4.69, 9.17) is 28.8 Å². The molecule has 0 aliphatic heterocycles. The molecular weight excluding hydrogens is 288 g/mol. The van der Waals surface area contributed by atoms with Gasteiger partial charge in [0.05, 0.1) is 59.5 Å². The fraction of sp³-hybridized carbons (Fsp3) is 0.625. The third-order valence-electron chi connectivity index (χ3n) is 2.59. The van der Waals surface area contributed by atoms with E-state index < -0.39 is 0 Å². The van der Waals surface area contributed by atoms with E-state index >= 15 is 0 Å². The summed E-state index contributed by atoms with van der Waals surface area (Å²) < 4.78 is 26.6. The highest BCUT2D eigenvalue weighted by Gasteiger charge is 1.94. The van der Waals surface area contributed by atoms with Gasteiger partial charge in [-0.2, -0.15) is 0 Å². The zero-order valence-electron chi connectivity index (χ0n) is 12.9. The molecule has 0 aliphatic rings. The quantitative estimate of drug-likeness (QED) is 0.490. The zero-order chi connectivity index (χ0) is 15.7. The first-order valence-electron chi connectivity index (χ1n) is 7.53. The highest BCUT2D eigenvalue weighted by molar-refractivity contribution is 5.20. The van der Waals surface area contributed by atoms with E-state index in [1.54, 1.807) is 0 Å². The molecule has 22 heavy (non-hydrogen) atoms. The highest BCUT2D eigenvalue weighted by atomic mass is 16.6. The lowest BCUT2D eigenvalue weighted by Crippen LogP contribution is -2.14. The Morgan fingerprint density at radius 3 is 1.55 bits per heavy atom. The lowest BCUT2D eigenvalue weighted by atomic mass is 10.3. The molecule has 0 aromatic heterocycles. The first-order chi connectivity index (χ1) is 10.9. The van der Waals surface area contributed by atoms with Crippen LogP contribution in [0.15, 0.2) is 30.3 Å². The second kappa shape index (κ2) is 14.7. The summed E-state index contributed by atoms with van der Waals surface area (Å²) in [6, 6.07) is 9.65. The van der Waals surface area contributed by atoms with Gasteiger partial charge in [0.1, 0.15) is 12.4 Å². The molecule has 126 valence electrons. The Bertz CT molecular complexity index is 333. The lowest BCUT2D eigenvalue weighted by Gasteiger charge is -2.08. The van der Waals surface area contributed by atoms with E-state index in [1.807, 2.05) is 30.3 Å². The fourth-order valence-corrected chi connectivity index (χ4v) is 1.56. The molecule has 0 unspecified atom stereocenters. The van der Waals surface area contributed by atoms with Crippen molar-refractivity contribution in [2.45, 2.75) is 0 Å². The van der Waals surface area contributed by atoms with Crippen molar-refractivity contribution in [1.82, 2.24) is 0 Å². The summed E-state index contributed by atoms with van der Waals surface area (Å²) in [6.45, 7) is 4.60. The monoisotopic (exact) mass is 314 g/mol. The Balaban J connectivity index is 1.73. The molecule has 6 heteroatoms. The van der Waals surface area contributed by atoms with Crippen LogP contribution in [0.5, 0.6) is 5.75 Å². The summed E-state index contributed by atoms with van der Waals surface area (Å²) in [5.74, 6) is 0.850. The van der Waals surface area contributed by atoms with Gasteiger partial charge in [-0.1, -0.05) is 18.2 Å². The molecule has 0 radical (unpaired) electrons. The maximum atomic E-state index is 8.50. The van der Waals surface area contributed by atoms with Gasteiger partial charge < -0.3 is 28.8 Å². The molecule has 0 aliphatic carbocycles. The standard InChI is InChI=1S/C16H26O6/c17-6-7-18-8-9-19-10-11-20-12-13-21-14-15-22-16-4-2-1-3-5-16/h1-5,17H,6-15H2. The van der Waals surface area contributed by atoms with Gasteiger partial charge >= 0.3 is 0 Å². The first-order valence-corrected chi connectivity index (χ1v) is 7.53. The summed E-state index contributed by atoms with van der Waals surface area (Å²) in [7, 11) is 0. The minimum absolute atomic E-state index is 0.0412. The van der Waals surface area contributed by atoms with E-state index in [9.17, 15) is 0 Å². The molecule has 0 amide bonds. The van der Waals surface area contributed by atoms with Crippen LogP contribution in [0.3, 0.4) is 0 Å². The Hall–Kier alpha value is -1.18. The van der Waals surface area contributed by atoms with Crippen molar-refractivity contribution in [3.63, 3.8) is 0 Å². The number of hydrogen-bond acceptors (Lipinski definition) is 6. The van der Waals surface area contributed by atoms with E-state index in [0.717, 1.165) is 5.75 Å². The molecule has 1 aromatic carbocycles. The van der Waals surface area contributed by atoms with Crippen molar-refractivity contribution in [3.05, 3.63) is 30.3 Å². The highest BCUT2D eigenvalue weighted by Crippen LogP contribution is 2.07. The van der Waals surface area contributed by atoms with Gasteiger partial charge in [-0.15, -0.1) is 0 Å². The van der Waals surface area contributed by atoms with Crippen molar-refractivity contribution >= 4 is 0 Å². The smallest absolute Gasteiger partial charge is 0.119 e. The van der Waals surface area contributed by atoms with E-state index in [-0.39, 0.29) is 6.61 Å². The van der Waals surface area contributed by atoms with Crippen molar-refractivity contribution in [2.24, 2.45) is 0 Å². The Labute approximate surface area is 131 Å². The molecule has 0 spiro atoms. The number of aliphatic hydroxyl groups excluding tert-OH is 1. The number of benzene rings is 1. The van der Waals surface area contributed by atoms with Crippen LogP contribution in [0, 0.1) is 0 Å². The fourth-order valence-electron chi connectivity index (χ4n) is 1.56. The topological polar surface area (TPSA) is 66.4 Å². The largest absolute Gasteiger partial charge is 0.491 e. The van der Waals surface area contributed by atoms with Crippen LogP contribution in [0.4, 0.5) is 0 Å². The average Bonchev–Trinajstić information content (AvgIpc) is 2.56. The van der Waals surface area contributed by atoms with E-state index in [0.29, 0.717) is 59.5 Å². The summed E-state index contributed by atoms with van der Waals surface area (Å²) >= 11 is 0. The molecule has 1 rings (SSSR count). The van der Waals surface area contributed by atoms with Crippen molar-refractivity contribution in [1.29, 1.82) is 0 Å². The predicted molar refractivity (Wildman–Crippen MR) is 82.3 cm³/mol. The molecule has 0 fully saturated rings. The summed E-state index contributed by atoms with van der Waals surface area (Å²) in [6.07, 6.45) is 0. The number of hydrogen-bond donors (Lipinski definition) is 1. The van der Waals surface area contributed by atoms with Crippen LogP contribution in [0.1, 0.15) is 0 Å². The van der Waals surface area contributed by atoms with Crippen LogP contribution >= 0.6 is 0 Å².